The molecular formula is C15H20N4O3. The average Bonchev–Trinajstić information content (AvgIpc) is 2.52. The summed E-state index contributed by atoms with van der Waals surface area (Å²) in [6, 6.07) is 3.14. The first-order chi connectivity index (χ1) is 10.7. The maximum absolute atomic E-state index is 11.0. The first kappa shape index (κ1) is 14.9. The molecule has 1 aromatic rings. The zero-order valence-electron chi connectivity index (χ0n) is 12.4. The first-order valence-corrected chi connectivity index (χ1v) is 7.48. The first-order valence-electron chi connectivity index (χ1n) is 7.48. The van der Waals surface area contributed by atoms with Gasteiger partial charge < -0.3 is 15.4 Å². The molecule has 0 bridgehead atoms. The smallest absolute Gasteiger partial charge is 0.150 e. The molecule has 0 spiro atoms. The van der Waals surface area contributed by atoms with Gasteiger partial charge in [-0.05, 0) is 17.3 Å². The van der Waals surface area contributed by atoms with E-state index in [1.165, 1.54) is 6.07 Å². The second-order valence-corrected chi connectivity index (χ2v) is 5.87. The predicted octanol–water partition coefficient (Wildman–Crippen LogP) is 1.25. The fourth-order valence-corrected chi connectivity index (χ4v) is 3.08. The van der Waals surface area contributed by atoms with Crippen molar-refractivity contribution in [3.05, 3.63) is 22.6 Å². The van der Waals surface area contributed by atoms with Crippen molar-refractivity contribution in [2.45, 2.75) is 0 Å². The second kappa shape index (κ2) is 6.41. The normalized spacial score (nSPS) is 19.7. The van der Waals surface area contributed by atoms with Crippen LogP contribution in [0, 0.1) is 10.8 Å². The maximum atomic E-state index is 11.0. The van der Waals surface area contributed by atoms with Crippen LogP contribution in [0.15, 0.2) is 17.3 Å². The van der Waals surface area contributed by atoms with Crippen LogP contribution < -0.4 is 10.6 Å². The van der Waals surface area contributed by atoms with E-state index < -0.39 is 0 Å². The third-order valence-electron chi connectivity index (χ3n) is 4.31. The number of aldehydes is 1. The van der Waals surface area contributed by atoms with E-state index in [1.54, 1.807) is 6.07 Å². The van der Waals surface area contributed by atoms with Crippen LogP contribution >= 0.6 is 0 Å². The van der Waals surface area contributed by atoms with E-state index in [0.29, 0.717) is 23.5 Å². The Bertz CT molecular complexity index is 566. The number of carbonyl (C=O) groups is 1. The molecule has 1 aromatic carbocycles. The molecule has 118 valence electrons. The highest BCUT2D eigenvalue weighted by Crippen LogP contribution is 2.37. The van der Waals surface area contributed by atoms with Crippen LogP contribution in [0.25, 0.3) is 0 Å². The van der Waals surface area contributed by atoms with Crippen molar-refractivity contribution in [3.63, 3.8) is 0 Å². The number of nitrogen functional groups attached to an aromatic ring is 1. The molecule has 0 unspecified atom stereocenters. The number of morpholine rings is 1. The summed E-state index contributed by atoms with van der Waals surface area (Å²) in [7, 11) is 0. The van der Waals surface area contributed by atoms with Gasteiger partial charge in [0.2, 0.25) is 0 Å². The van der Waals surface area contributed by atoms with E-state index in [4.69, 9.17) is 10.5 Å². The number of ether oxygens (including phenoxy) is 1. The third kappa shape index (κ3) is 2.95. The lowest BCUT2D eigenvalue weighted by Crippen LogP contribution is -2.53. The minimum atomic E-state index is 0.135. The molecule has 0 atom stereocenters. The highest BCUT2D eigenvalue weighted by atomic mass is 16.5. The van der Waals surface area contributed by atoms with E-state index in [0.717, 1.165) is 51.6 Å². The number of nitrogens with zero attached hydrogens (tertiary/aromatic N) is 3. The fraction of sp³-hybridized carbons (Fsp3) is 0.533. The Morgan fingerprint density at radius 3 is 2.68 bits per heavy atom. The number of nitroso groups, excluding NO2 is 1. The molecule has 7 heteroatoms. The summed E-state index contributed by atoms with van der Waals surface area (Å²) in [5, 5.41) is 2.91. The molecule has 0 aromatic heterocycles. The van der Waals surface area contributed by atoms with Crippen molar-refractivity contribution >= 4 is 23.3 Å². The van der Waals surface area contributed by atoms with E-state index in [-0.39, 0.29) is 5.69 Å². The topological polar surface area (TPSA) is 88.2 Å². The molecule has 7 nitrogen and oxygen atoms in total. The van der Waals surface area contributed by atoms with Crippen LogP contribution in [0.5, 0.6) is 0 Å². The lowest BCUT2D eigenvalue weighted by molar-refractivity contribution is 0.0286. The van der Waals surface area contributed by atoms with Crippen molar-refractivity contribution in [2.75, 3.05) is 56.6 Å². The lowest BCUT2D eigenvalue weighted by atomic mass is 9.97. The van der Waals surface area contributed by atoms with Gasteiger partial charge in [-0.1, -0.05) is 0 Å². The Morgan fingerprint density at radius 1 is 1.32 bits per heavy atom. The van der Waals surface area contributed by atoms with Crippen molar-refractivity contribution in [3.8, 4) is 0 Å². The summed E-state index contributed by atoms with van der Waals surface area (Å²) >= 11 is 0. The zero-order valence-corrected chi connectivity index (χ0v) is 12.4. The highest BCUT2D eigenvalue weighted by molar-refractivity contribution is 5.88. The maximum Gasteiger partial charge on any atom is 0.150 e. The lowest BCUT2D eigenvalue weighted by Gasteiger charge is -2.44. The summed E-state index contributed by atoms with van der Waals surface area (Å²) in [4.78, 5) is 26.3. The molecule has 2 saturated heterocycles. The molecule has 0 radical (unpaired) electrons. The number of rotatable bonds is 5. The molecule has 3 rings (SSSR count). The second-order valence-electron chi connectivity index (χ2n) is 5.87. The van der Waals surface area contributed by atoms with Crippen LogP contribution in [0.3, 0.4) is 0 Å². The monoisotopic (exact) mass is 304 g/mol. The summed E-state index contributed by atoms with van der Waals surface area (Å²) in [5.74, 6) is 0.574. The van der Waals surface area contributed by atoms with E-state index >= 15 is 0 Å². The van der Waals surface area contributed by atoms with Gasteiger partial charge in [0.15, 0.2) is 0 Å². The SMILES string of the molecule is Nc1c(N=O)cc(C=O)cc1N1CC(CN2CCOCC2)C1. The van der Waals surface area contributed by atoms with E-state index in [2.05, 4.69) is 15.0 Å². The number of carbonyl (C=O) groups excluding carboxylic acids is 1. The Kier molecular flexibility index (Phi) is 4.35. The fourth-order valence-electron chi connectivity index (χ4n) is 3.08. The molecule has 2 heterocycles. The predicted molar refractivity (Wildman–Crippen MR) is 84.7 cm³/mol. The standard InChI is InChI=1S/C15H20N4O3/c16-15-13(17-21)5-11(10-20)6-14(15)19-8-12(9-19)7-18-1-3-22-4-2-18/h5-6,10,12H,1-4,7-9,16H2. The van der Waals surface area contributed by atoms with Crippen molar-refractivity contribution in [2.24, 2.45) is 11.1 Å². The van der Waals surface area contributed by atoms with Gasteiger partial charge in [0.1, 0.15) is 12.0 Å². The summed E-state index contributed by atoms with van der Waals surface area (Å²) < 4.78 is 5.35. The van der Waals surface area contributed by atoms with Gasteiger partial charge >= 0.3 is 0 Å². The molecule has 2 aliphatic rings. The van der Waals surface area contributed by atoms with Gasteiger partial charge in [-0.2, -0.15) is 0 Å². The van der Waals surface area contributed by atoms with Crippen LogP contribution in [-0.4, -0.2) is 57.1 Å². The number of hydrogen-bond acceptors (Lipinski definition) is 7. The van der Waals surface area contributed by atoms with Crippen LogP contribution in [-0.2, 0) is 4.74 Å². The summed E-state index contributed by atoms with van der Waals surface area (Å²) in [6.45, 7) is 6.38. The molecule has 2 aliphatic heterocycles. The number of benzene rings is 1. The molecule has 0 amide bonds. The Balaban J connectivity index is 1.64. The molecule has 2 N–H and O–H groups in total. The minimum absolute atomic E-state index is 0.135. The molecular weight excluding hydrogens is 284 g/mol. The van der Waals surface area contributed by atoms with Gasteiger partial charge in [-0.15, -0.1) is 4.91 Å². The number of nitrogens with two attached hydrogens (primary N) is 1. The van der Waals surface area contributed by atoms with Crippen LogP contribution in [0.2, 0.25) is 0 Å². The Hall–Kier alpha value is -1.99. The van der Waals surface area contributed by atoms with E-state index in [9.17, 15) is 9.70 Å². The summed E-state index contributed by atoms with van der Waals surface area (Å²) in [6.07, 6.45) is 0.711. The average molecular weight is 304 g/mol. The number of hydrogen-bond donors (Lipinski definition) is 1. The van der Waals surface area contributed by atoms with Gasteiger partial charge in [0, 0.05) is 44.2 Å². The van der Waals surface area contributed by atoms with Crippen molar-refractivity contribution in [1.29, 1.82) is 0 Å². The van der Waals surface area contributed by atoms with Crippen LogP contribution in [0.1, 0.15) is 10.4 Å². The molecule has 2 fully saturated rings. The van der Waals surface area contributed by atoms with Crippen molar-refractivity contribution < 1.29 is 9.53 Å². The largest absolute Gasteiger partial charge is 0.395 e. The third-order valence-corrected chi connectivity index (χ3v) is 4.31. The van der Waals surface area contributed by atoms with Gasteiger partial charge in [-0.25, -0.2) is 0 Å². The summed E-state index contributed by atoms with van der Waals surface area (Å²) in [5.41, 5.74) is 7.63. The molecule has 0 saturated carbocycles. The van der Waals surface area contributed by atoms with Crippen molar-refractivity contribution in [1.82, 2.24) is 4.90 Å². The Labute approximate surface area is 129 Å². The Morgan fingerprint density at radius 2 is 2.05 bits per heavy atom. The molecule has 22 heavy (non-hydrogen) atoms. The van der Waals surface area contributed by atoms with Gasteiger partial charge in [0.25, 0.3) is 0 Å². The minimum Gasteiger partial charge on any atom is -0.395 e. The van der Waals surface area contributed by atoms with Gasteiger partial charge in [-0.3, -0.25) is 9.69 Å². The zero-order chi connectivity index (χ0) is 15.5. The van der Waals surface area contributed by atoms with Crippen LogP contribution in [0.4, 0.5) is 17.1 Å². The van der Waals surface area contributed by atoms with Gasteiger partial charge in [0.05, 0.1) is 24.6 Å². The highest BCUT2D eigenvalue weighted by Gasteiger charge is 2.30. The number of anilines is 2. The van der Waals surface area contributed by atoms with E-state index in [1.807, 2.05) is 0 Å². The molecule has 0 aliphatic carbocycles. The quantitative estimate of drug-likeness (QED) is 0.500.